The van der Waals surface area contributed by atoms with Gasteiger partial charge in [0.25, 0.3) is 0 Å². The van der Waals surface area contributed by atoms with Crippen LogP contribution >= 0.6 is 15.9 Å². The summed E-state index contributed by atoms with van der Waals surface area (Å²) < 4.78 is 27.7. The molecule has 0 aliphatic carbocycles. The fourth-order valence-corrected chi connectivity index (χ4v) is 5.72. The molecule has 1 aliphatic heterocycles. The molecule has 1 aromatic carbocycles. The number of carboxylic acid groups (broad SMARTS) is 1. The van der Waals surface area contributed by atoms with E-state index in [2.05, 4.69) is 15.9 Å². The number of halogens is 1. The molecule has 0 aromatic heterocycles. The van der Waals surface area contributed by atoms with E-state index in [1.807, 2.05) is 13.8 Å². The van der Waals surface area contributed by atoms with Gasteiger partial charge in [-0.3, -0.25) is 0 Å². The molecule has 0 amide bonds. The second-order valence-electron chi connectivity index (χ2n) is 5.27. The fourth-order valence-electron chi connectivity index (χ4n) is 2.81. The zero-order valence-corrected chi connectivity index (χ0v) is 14.3. The van der Waals surface area contributed by atoms with Gasteiger partial charge in [-0.1, -0.05) is 6.92 Å². The first-order valence-electron chi connectivity index (χ1n) is 6.85. The summed E-state index contributed by atoms with van der Waals surface area (Å²) in [6.45, 7) is 3.86. The summed E-state index contributed by atoms with van der Waals surface area (Å²) in [5.41, 5.74) is -0.0309. The topological polar surface area (TPSA) is 74.7 Å². The molecule has 1 N–H and O–H groups in total. The lowest BCUT2D eigenvalue weighted by Gasteiger charge is -2.27. The van der Waals surface area contributed by atoms with E-state index in [0.717, 1.165) is 19.3 Å². The van der Waals surface area contributed by atoms with Crippen LogP contribution < -0.4 is 0 Å². The summed E-state index contributed by atoms with van der Waals surface area (Å²) in [4.78, 5) is 11.1. The number of rotatable bonds is 4. The minimum absolute atomic E-state index is 0.0228. The number of hydrogen-bond donors (Lipinski definition) is 1. The summed E-state index contributed by atoms with van der Waals surface area (Å²) in [6, 6.07) is 3.99. The number of aromatic carboxylic acids is 1. The standard InChI is InChI=1S/C14H18BrNO4S/c1-3-11-6-4-9(2)16(11)21(19,20)13-8-10(14(17)18)5-7-12(13)15/h5,7-9,11H,3-4,6H2,1-2H3,(H,17,18). The van der Waals surface area contributed by atoms with Crippen LogP contribution in [0.5, 0.6) is 0 Å². The summed E-state index contributed by atoms with van der Waals surface area (Å²) in [5, 5.41) is 9.06. The Morgan fingerprint density at radius 3 is 2.67 bits per heavy atom. The molecule has 2 atom stereocenters. The van der Waals surface area contributed by atoms with Crippen molar-refractivity contribution in [3.8, 4) is 0 Å². The third-order valence-corrected chi connectivity index (χ3v) is 6.98. The van der Waals surface area contributed by atoms with Crippen molar-refractivity contribution in [2.45, 2.75) is 50.1 Å². The van der Waals surface area contributed by atoms with Gasteiger partial charge in [0.2, 0.25) is 10.0 Å². The van der Waals surface area contributed by atoms with Gasteiger partial charge in [-0.2, -0.15) is 4.31 Å². The van der Waals surface area contributed by atoms with E-state index >= 15 is 0 Å². The maximum Gasteiger partial charge on any atom is 0.335 e. The number of hydrogen-bond acceptors (Lipinski definition) is 3. The number of carboxylic acids is 1. The number of benzene rings is 1. The maximum atomic E-state index is 12.9. The van der Waals surface area contributed by atoms with Crippen LogP contribution in [0.3, 0.4) is 0 Å². The molecular formula is C14H18BrNO4S. The van der Waals surface area contributed by atoms with E-state index in [9.17, 15) is 13.2 Å². The molecule has 21 heavy (non-hydrogen) atoms. The normalized spacial score (nSPS) is 23.4. The first kappa shape index (κ1) is 16.5. The molecular weight excluding hydrogens is 358 g/mol. The van der Waals surface area contributed by atoms with Gasteiger partial charge in [-0.15, -0.1) is 0 Å². The monoisotopic (exact) mass is 375 g/mol. The second kappa shape index (κ2) is 6.06. The summed E-state index contributed by atoms with van der Waals surface area (Å²) in [7, 11) is -3.71. The number of carbonyl (C=O) groups is 1. The zero-order chi connectivity index (χ0) is 15.8. The molecule has 1 heterocycles. The quantitative estimate of drug-likeness (QED) is 0.876. The van der Waals surface area contributed by atoms with Crippen molar-refractivity contribution < 1.29 is 18.3 Å². The number of nitrogens with zero attached hydrogens (tertiary/aromatic N) is 1. The Morgan fingerprint density at radius 2 is 2.10 bits per heavy atom. The molecule has 116 valence electrons. The minimum Gasteiger partial charge on any atom is -0.478 e. The molecule has 2 unspecified atom stereocenters. The lowest BCUT2D eigenvalue weighted by Crippen LogP contribution is -2.39. The van der Waals surface area contributed by atoms with Gasteiger partial charge < -0.3 is 5.11 Å². The third-order valence-electron chi connectivity index (χ3n) is 3.92. The first-order chi connectivity index (χ1) is 9.78. The van der Waals surface area contributed by atoms with E-state index < -0.39 is 16.0 Å². The van der Waals surface area contributed by atoms with Crippen molar-refractivity contribution in [2.75, 3.05) is 0 Å². The molecule has 1 aromatic rings. The summed E-state index contributed by atoms with van der Waals surface area (Å²) in [6.07, 6.45) is 2.42. The van der Waals surface area contributed by atoms with E-state index in [1.54, 1.807) is 0 Å². The zero-order valence-electron chi connectivity index (χ0n) is 11.9. The van der Waals surface area contributed by atoms with Gasteiger partial charge >= 0.3 is 5.97 Å². The molecule has 1 fully saturated rings. The van der Waals surface area contributed by atoms with Gasteiger partial charge in [0.1, 0.15) is 0 Å². The van der Waals surface area contributed by atoms with Crippen LogP contribution in [0.4, 0.5) is 0 Å². The highest BCUT2D eigenvalue weighted by molar-refractivity contribution is 9.10. The van der Waals surface area contributed by atoms with Crippen molar-refractivity contribution >= 4 is 31.9 Å². The first-order valence-corrected chi connectivity index (χ1v) is 9.08. The lowest BCUT2D eigenvalue weighted by atomic mass is 10.2. The molecule has 0 spiro atoms. The third kappa shape index (κ3) is 3.00. The molecule has 1 saturated heterocycles. The smallest absolute Gasteiger partial charge is 0.335 e. The van der Waals surface area contributed by atoms with Crippen molar-refractivity contribution in [1.29, 1.82) is 0 Å². The molecule has 5 nitrogen and oxygen atoms in total. The van der Waals surface area contributed by atoms with E-state index in [0.29, 0.717) is 4.47 Å². The second-order valence-corrected chi connectivity index (χ2v) is 7.94. The van der Waals surface area contributed by atoms with Gasteiger partial charge in [-0.25, -0.2) is 13.2 Å². The van der Waals surface area contributed by atoms with Crippen LogP contribution in [-0.2, 0) is 10.0 Å². The average Bonchev–Trinajstić information content (AvgIpc) is 2.80. The van der Waals surface area contributed by atoms with Crippen LogP contribution in [0.2, 0.25) is 0 Å². The predicted molar refractivity (Wildman–Crippen MR) is 82.9 cm³/mol. The Balaban J connectivity index is 2.53. The highest BCUT2D eigenvalue weighted by Gasteiger charge is 2.40. The Hall–Kier alpha value is -0.920. The van der Waals surface area contributed by atoms with Crippen molar-refractivity contribution in [1.82, 2.24) is 4.31 Å². The minimum atomic E-state index is -3.71. The fraction of sp³-hybridized carbons (Fsp3) is 0.500. The highest BCUT2D eigenvalue weighted by Crippen LogP contribution is 2.35. The van der Waals surface area contributed by atoms with Crippen molar-refractivity contribution in [3.05, 3.63) is 28.2 Å². The van der Waals surface area contributed by atoms with Crippen LogP contribution in [-0.4, -0.2) is 35.9 Å². The Labute approximate surface area is 133 Å². The van der Waals surface area contributed by atoms with E-state index in [1.165, 1.54) is 22.5 Å². The largest absolute Gasteiger partial charge is 0.478 e. The molecule has 7 heteroatoms. The van der Waals surface area contributed by atoms with Crippen molar-refractivity contribution in [2.24, 2.45) is 0 Å². The van der Waals surface area contributed by atoms with Crippen LogP contribution in [0.25, 0.3) is 0 Å². The van der Waals surface area contributed by atoms with Crippen LogP contribution in [0.15, 0.2) is 27.6 Å². The molecule has 0 saturated carbocycles. The van der Waals surface area contributed by atoms with Crippen LogP contribution in [0.1, 0.15) is 43.5 Å². The van der Waals surface area contributed by atoms with Gasteiger partial charge in [0, 0.05) is 16.6 Å². The summed E-state index contributed by atoms with van der Waals surface area (Å²) in [5.74, 6) is -1.14. The van der Waals surface area contributed by atoms with E-state index in [4.69, 9.17) is 5.11 Å². The van der Waals surface area contributed by atoms with Gasteiger partial charge in [0.05, 0.1) is 10.5 Å². The van der Waals surface area contributed by atoms with Crippen molar-refractivity contribution in [3.63, 3.8) is 0 Å². The number of sulfonamides is 1. The lowest BCUT2D eigenvalue weighted by molar-refractivity contribution is 0.0696. The Morgan fingerprint density at radius 1 is 1.43 bits per heavy atom. The predicted octanol–water partition coefficient (Wildman–Crippen LogP) is 3.10. The Bertz CT molecular complexity index is 659. The SMILES string of the molecule is CCC1CCC(C)N1S(=O)(=O)c1cc(C(=O)O)ccc1Br. The van der Waals surface area contributed by atoms with Gasteiger partial charge in [-0.05, 0) is 60.3 Å². The Kier molecular flexibility index (Phi) is 4.75. The highest BCUT2D eigenvalue weighted by atomic mass is 79.9. The molecule has 1 aliphatic rings. The summed E-state index contributed by atoms with van der Waals surface area (Å²) >= 11 is 3.23. The molecule has 0 radical (unpaired) electrons. The average molecular weight is 376 g/mol. The van der Waals surface area contributed by atoms with E-state index in [-0.39, 0.29) is 22.5 Å². The van der Waals surface area contributed by atoms with Gasteiger partial charge in [0.15, 0.2) is 0 Å². The maximum absolute atomic E-state index is 12.9. The molecule has 0 bridgehead atoms. The van der Waals surface area contributed by atoms with Crippen LogP contribution in [0, 0.1) is 0 Å². The molecule has 2 rings (SSSR count).